The molecule has 5 nitrogen and oxygen atoms in total. The quantitative estimate of drug-likeness (QED) is 0.674. The molecule has 0 aliphatic carbocycles. The molecule has 0 radical (unpaired) electrons. The first-order chi connectivity index (χ1) is 10.0. The van der Waals surface area contributed by atoms with Gasteiger partial charge in [0.15, 0.2) is 0 Å². The Labute approximate surface area is 121 Å². The van der Waals surface area contributed by atoms with Crippen LogP contribution >= 0.6 is 0 Å². The van der Waals surface area contributed by atoms with Crippen molar-refractivity contribution in [3.8, 4) is 5.75 Å². The van der Waals surface area contributed by atoms with Gasteiger partial charge in [-0.05, 0) is 36.2 Å². The molecule has 110 valence electrons. The maximum absolute atomic E-state index is 13.5. The van der Waals surface area contributed by atoms with E-state index >= 15 is 0 Å². The molecule has 0 saturated carbocycles. The lowest BCUT2D eigenvalue weighted by atomic mass is 10.1. The lowest BCUT2D eigenvalue weighted by molar-refractivity contribution is -0.387. The molecule has 0 spiro atoms. The molecule has 2 aromatic carbocycles. The lowest BCUT2D eigenvalue weighted by Gasteiger charge is -2.12. The van der Waals surface area contributed by atoms with Crippen molar-refractivity contribution >= 4 is 11.4 Å². The molecule has 2 aromatic rings. The van der Waals surface area contributed by atoms with Crippen molar-refractivity contribution in [1.29, 1.82) is 0 Å². The molecule has 0 amide bonds. The second-order valence-corrected chi connectivity index (χ2v) is 4.60. The van der Waals surface area contributed by atoms with Crippen LogP contribution in [0.5, 0.6) is 5.75 Å². The number of anilines is 1. The Morgan fingerprint density at radius 3 is 2.67 bits per heavy atom. The van der Waals surface area contributed by atoms with Gasteiger partial charge < -0.3 is 10.1 Å². The van der Waals surface area contributed by atoms with Crippen LogP contribution < -0.4 is 10.1 Å². The van der Waals surface area contributed by atoms with Crippen LogP contribution in [0.3, 0.4) is 0 Å². The van der Waals surface area contributed by atoms with Gasteiger partial charge in [-0.3, -0.25) is 10.1 Å². The highest BCUT2D eigenvalue weighted by Gasteiger charge is 2.13. The number of hydrogen-bond acceptors (Lipinski definition) is 4. The number of benzene rings is 2. The van der Waals surface area contributed by atoms with E-state index in [1.165, 1.54) is 12.1 Å². The van der Waals surface area contributed by atoms with Crippen molar-refractivity contribution in [2.45, 2.75) is 13.5 Å². The number of nitro benzene ring substituents is 1. The highest BCUT2D eigenvalue weighted by molar-refractivity contribution is 5.58. The van der Waals surface area contributed by atoms with Crippen molar-refractivity contribution in [2.24, 2.45) is 0 Å². The van der Waals surface area contributed by atoms with Gasteiger partial charge in [0.25, 0.3) is 0 Å². The summed E-state index contributed by atoms with van der Waals surface area (Å²) < 4.78 is 18.8. The molecule has 21 heavy (non-hydrogen) atoms. The summed E-state index contributed by atoms with van der Waals surface area (Å²) in [4.78, 5) is 9.83. The summed E-state index contributed by atoms with van der Waals surface area (Å²) in [6, 6.07) is 9.54. The number of nitro groups is 1. The molecule has 1 N–H and O–H groups in total. The molecule has 0 heterocycles. The predicted octanol–water partition coefficient (Wildman–Crippen LogP) is 3.66. The molecule has 2 rings (SSSR count). The Morgan fingerprint density at radius 2 is 2.05 bits per heavy atom. The number of hydrogen-bond donors (Lipinski definition) is 1. The minimum absolute atomic E-state index is 0.342. The summed E-state index contributed by atoms with van der Waals surface area (Å²) in [5.74, 6) is -0.154. The zero-order chi connectivity index (χ0) is 15.4. The minimum Gasteiger partial charge on any atom is -0.495 e. The highest BCUT2D eigenvalue weighted by atomic mass is 19.1. The third-order valence-electron chi connectivity index (χ3n) is 3.05. The molecule has 0 aliphatic rings. The number of aryl methyl sites for hydroxylation is 1. The number of halogens is 1. The Balaban J connectivity index is 2.15. The van der Waals surface area contributed by atoms with Crippen LogP contribution in [0.1, 0.15) is 11.1 Å². The first-order valence-corrected chi connectivity index (χ1v) is 6.32. The van der Waals surface area contributed by atoms with Crippen LogP contribution in [0.15, 0.2) is 36.4 Å². The van der Waals surface area contributed by atoms with Crippen LogP contribution in [0.4, 0.5) is 15.8 Å². The highest BCUT2D eigenvalue weighted by Crippen LogP contribution is 2.26. The van der Waals surface area contributed by atoms with E-state index in [1.807, 2.05) is 25.1 Å². The van der Waals surface area contributed by atoms with E-state index in [2.05, 4.69) is 5.32 Å². The second-order valence-electron chi connectivity index (χ2n) is 4.60. The van der Waals surface area contributed by atoms with E-state index in [0.29, 0.717) is 17.9 Å². The minimum atomic E-state index is -0.837. The third kappa shape index (κ3) is 3.47. The van der Waals surface area contributed by atoms with Gasteiger partial charge in [-0.2, -0.15) is 4.39 Å². The van der Waals surface area contributed by atoms with Crippen molar-refractivity contribution in [3.63, 3.8) is 0 Å². The molecule has 0 saturated heterocycles. The molecule has 0 aliphatic heterocycles. The number of methoxy groups -OCH3 is 1. The summed E-state index contributed by atoms with van der Waals surface area (Å²) >= 11 is 0. The van der Waals surface area contributed by atoms with Gasteiger partial charge >= 0.3 is 5.69 Å². The average Bonchev–Trinajstić information content (AvgIpc) is 2.45. The first-order valence-electron chi connectivity index (χ1n) is 6.32. The Kier molecular flexibility index (Phi) is 4.37. The van der Waals surface area contributed by atoms with Crippen molar-refractivity contribution in [1.82, 2.24) is 0 Å². The van der Waals surface area contributed by atoms with E-state index in [1.54, 1.807) is 7.11 Å². The fourth-order valence-corrected chi connectivity index (χ4v) is 1.97. The molecule has 0 unspecified atom stereocenters. The van der Waals surface area contributed by atoms with Gasteiger partial charge in [-0.25, -0.2) is 0 Å². The number of nitrogens with zero attached hydrogens (tertiary/aromatic N) is 1. The second kappa shape index (κ2) is 6.21. The SMILES string of the molecule is COc1ccc(C)cc1NCc1ccc([N+](=O)[O-])c(F)c1. The largest absolute Gasteiger partial charge is 0.495 e. The summed E-state index contributed by atoms with van der Waals surface area (Å²) in [7, 11) is 1.57. The fourth-order valence-electron chi connectivity index (χ4n) is 1.97. The lowest BCUT2D eigenvalue weighted by Crippen LogP contribution is -2.03. The normalized spacial score (nSPS) is 10.2. The summed E-state index contributed by atoms with van der Waals surface area (Å²) in [5, 5.41) is 13.7. The van der Waals surface area contributed by atoms with Gasteiger partial charge in [0.1, 0.15) is 5.75 Å². The Hall–Kier alpha value is -2.63. The van der Waals surface area contributed by atoms with E-state index in [9.17, 15) is 14.5 Å². The van der Waals surface area contributed by atoms with Gasteiger partial charge in [0, 0.05) is 12.6 Å². The molecular weight excluding hydrogens is 275 g/mol. The average molecular weight is 290 g/mol. The smallest absolute Gasteiger partial charge is 0.304 e. The molecular formula is C15H15FN2O3. The topological polar surface area (TPSA) is 64.4 Å². The summed E-state index contributed by atoms with van der Waals surface area (Å²) in [6.45, 7) is 2.30. The third-order valence-corrected chi connectivity index (χ3v) is 3.05. The number of nitrogens with one attached hydrogen (secondary N) is 1. The van der Waals surface area contributed by atoms with Crippen LogP contribution in [-0.2, 0) is 6.54 Å². The van der Waals surface area contributed by atoms with Gasteiger partial charge in [-0.15, -0.1) is 0 Å². The van der Waals surface area contributed by atoms with Gasteiger partial charge in [0.2, 0.25) is 5.82 Å². The monoisotopic (exact) mass is 290 g/mol. The van der Waals surface area contributed by atoms with Crippen LogP contribution in [0.25, 0.3) is 0 Å². The molecule has 6 heteroatoms. The van der Waals surface area contributed by atoms with E-state index in [4.69, 9.17) is 4.74 Å². The predicted molar refractivity (Wildman–Crippen MR) is 78.1 cm³/mol. The summed E-state index contributed by atoms with van der Waals surface area (Å²) in [5.41, 5.74) is 1.94. The van der Waals surface area contributed by atoms with Crippen LogP contribution in [0, 0.1) is 22.9 Å². The maximum atomic E-state index is 13.5. The first kappa shape index (κ1) is 14.8. The van der Waals surface area contributed by atoms with Crippen LogP contribution in [-0.4, -0.2) is 12.0 Å². The van der Waals surface area contributed by atoms with E-state index < -0.39 is 16.4 Å². The van der Waals surface area contributed by atoms with E-state index in [0.717, 1.165) is 17.3 Å². The van der Waals surface area contributed by atoms with Gasteiger partial charge in [0.05, 0.1) is 17.7 Å². The Morgan fingerprint density at radius 1 is 1.29 bits per heavy atom. The van der Waals surface area contributed by atoms with Crippen molar-refractivity contribution in [2.75, 3.05) is 12.4 Å². The number of ether oxygens (including phenoxy) is 1. The molecule has 0 atom stereocenters. The molecule has 0 bridgehead atoms. The molecule has 0 aromatic heterocycles. The standard InChI is InChI=1S/C15H15FN2O3/c1-10-3-6-15(21-2)13(7-10)17-9-11-4-5-14(18(19)20)12(16)8-11/h3-8,17H,9H2,1-2H3. The number of rotatable bonds is 5. The fraction of sp³-hybridized carbons (Fsp3) is 0.200. The summed E-state index contributed by atoms with van der Waals surface area (Å²) in [6.07, 6.45) is 0. The Bertz CT molecular complexity index is 674. The molecule has 0 fully saturated rings. The zero-order valence-electron chi connectivity index (χ0n) is 11.7. The van der Waals surface area contributed by atoms with Gasteiger partial charge in [-0.1, -0.05) is 12.1 Å². The zero-order valence-corrected chi connectivity index (χ0v) is 11.7. The maximum Gasteiger partial charge on any atom is 0.304 e. The van der Waals surface area contributed by atoms with Crippen LogP contribution in [0.2, 0.25) is 0 Å². The van der Waals surface area contributed by atoms with Crippen molar-refractivity contribution < 1.29 is 14.1 Å². The van der Waals surface area contributed by atoms with Crippen molar-refractivity contribution in [3.05, 3.63) is 63.5 Å². The van der Waals surface area contributed by atoms with E-state index in [-0.39, 0.29) is 0 Å².